The van der Waals surface area contributed by atoms with Gasteiger partial charge in [-0.05, 0) is 62.9 Å². The number of rotatable bonds is 42. The third-order valence-corrected chi connectivity index (χ3v) is 14.3. The number of unbranched alkanes of at least 4 members (excludes halogenated alkanes) is 10. The molecule has 0 aliphatic heterocycles. The summed E-state index contributed by atoms with van der Waals surface area (Å²) < 4.78 is 24.2. The number of carbonyl (C=O) groups is 5. The van der Waals surface area contributed by atoms with Crippen molar-refractivity contribution in [3.05, 3.63) is 0 Å². The molecule has 19 nitrogen and oxygen atoms in total. The Bertz CT molecular complexity index is 1270. The van der Waals surface area contributed by atoms with E-state index < -0.39 is 21.2 Å². The Hall–Kier alpha value is -1.59. The standard InChI is InChI=1S/C36H69N7O12P4S2/c1-51-36(48)43(24-22-41-32(44)18-10-8-12-20-39-34(46)30-60-28-16-6-4-14-26-52-58(2,49)54-56-37)25-23-42-33(45)19-11-9-13-21-40-35(47)31-61-29-17-7-5-15-27-53-59(3,50)55-57-38/h37-38H,2-31H2,1H3,(H4-2,39,40,41,42,44,45,46,47,49,50)/q-2. The van der Waals surface area contributed by atoms with Gasteiger partial charge in [-0.2, -0.15) is 23.5 Å². The lowest BCUT2D eigenvalue weighted by Crippen LogP contribution is -2.42. The summed E-state index contributed by atoms with van der Waals surface area (Å²) in [4.78, 5) is 85.7. The number of hydrogen-bond donors (Lipinski definition) is 6. The van der Waals surface area contributed by atoms with Crippen molar-refractivity contribution in [1.82, 2.24) is 26.2 Å². The van der Waals surface area contributed by atoms with Crippen LogP contribution in [0.1, 0.15) is 103 Å². The maximum Gasteiger partial charge on any atom is 0.409 e. The monoisotopic (exact) mass is 979 g/mol. The first-order valence-electron chi connectivity index (χ1n) is 20.6. The molecule has 2 unspecified atom stereocenters. The second-order valence-electron chi connectivity index (χ2n) is 13.6. The van der Waals surface area contributed by atoms with Gasteiger partial charge >= 0.3 is 6.09 Å². The topological polar surface area (TPSA) is 277 Å². The van der Waals surface area contributed by atoms with E-state index in [2.05, 4.69) is 42.5 Å². The molecule has 0 aromatic heterocycles. The van der Waals surface area contributed by atoms with Crippen LogP contribution in [-0.4, -0.2) is 130 Å². The highest BCUT2D eigenvalue weighted by Gasteiger charge is 2.14. The Morgan fingerprint density at radius 2 is 0.951 bits per heavy atom. The van der Waals surface area contributed by atoms with Crippen LogP contribution in [0.4, 0.5) is 4.79 Å². The van der Waals surface area contributed by atoms with Gasteiger partial charge in [0.2, 0.25) is 23.6 Å². The molecule has 0 rings (SSSR count). The van der Waals surface area contributed by atoms with Crippen LogP contribution in [-0.2, 0) is 41.6 Å². The number of hydrogen-bond acceptors (Lipinski definition) is 16. The van der Waals surface area contributed by atoms with Gasteiger partial charge in [0.15, 0.2) is 17.2 Å². The van der Waals surface area contributed by atoms with Crippen molar-refractivity contribution in [2.75, 3.05) is 82.6 Å². The van der Waals surface area contributed by atoms with Crippen molar-refractivity contribution in [1.29, 1.82) is 10.3 Å². The van der Waals surface area contributed by atoms with Crippen LogP contribution in [0.5, 0.6) is 0 Å². The van der Waals surface area contributed by atoms with Crippen molar-refractivity contribution in [2.45, 2.75) is 103 Å². The quantitative estimate of drug-likeness (QED) is 0.0319. The number of amides is 5. The molecule has 61 heavy (non-hydrogen) atoms. The SMILES string of the molecule is C=P([O-])(OCCCCCCSCC(=O)NCCCCCC(=O)NCCN(CCNC(=O)CCCCCNC(=O)CSCCCCCCOP(=C)([O-])OP=N)C(=O)OC)OP=N. The molecule has 0 fully saturated rings. The van der Waals surface area contributed by atoms with Crippen molar-refractivity contribution >= 4 is 98.2 Å². The van der Waals surface area contributed by atoms with E-state index in [1.165, 1.54) is 12.0 Å². The molecule has 0 saturated heterocycles. The predicted molar refractivity (Wildman–Crippen MR) is 246 cm³/mol. The third kappa shape index (κ3) is 39.7. The van der Waals surface area contributed by atoms with E-state index in [-0.39, 0.29) is 80.2 Å². The average molecular weight is 980 g/mol. The summed E-state index contributed by atoms with van der Waals surface area (Å²) in [7, 11) is -5.91. The van der Waals surface area contributed by atoms with Gasteiger partial charge < -0.3 is 49.7 Å². The second kappa shape index (κ2) is 40.0. The molecule has 0 aromatic rings. The number of thioether (sulfide) groups is 2. The second-order valence-corrected chi connectivity index (χ2v) is 20.5. The van der Waals surface area contributed by atoms with Crippen LogP contribution in [0.2, 0.25) is 0 Å². The van der Waals surface area contributed by atoms with Crippen LogP contribution >= 0.6 is 55.9 Å². The van der Waals surface area contributed by atoms with E-state index in [1.54, 1.807) is 23.5 Å². The number of nitrogens with zero attached hydrogens (tertiary/aromatic N) is 1. The van der Waals surface area contributed by atoms with Gasteiger partial charge in [0.25, 0.3) is 0 Å². The van der Waals surface area contributed by atoms with Crippen LogP contribution in [0, 0.1) is 10.3 Å². The van der Waals surface area contributed by atoms with Crippen molar-refractivity contribution in [3.63, 3.8) is 0 Å². The van der Waals surface area contributed by atoms with E-state index in [0.29, 0.717) is 50.3 Å². The first-order valence-corrected chi connectivity index (χ1v) is 28.0. The van der Waals surface area contributed by atoms with E-state index in [4.69, 9.17) is 24.1 Å². The molecule has 0 heterocycles. The Morgan fingerprint density at radius 1 is 0.574 bits per heavy atom. The average Bonchev–Trinajstić information content (AvgIpc) is 3.21. The molecular weight excluding hydrogens is 910 g/mol. The summed E-state index contributed by atoms with van der Waals surface area (Å²) in [5, 5.41) is 25.2. The zero-order valence-corrected chi connectivity index (χ0v) is 40.9. The molecule has 0 radical (unpaired) electrons. The molecule has 6 N–H and O–H groups in total. The summed E-state index contributed by atoms with van der Waals surface area (Å²) in [6.45, 7) is 2.58. The van der Waals surface area contributed by atoms with Crippen molar-refractivity contribution in [3.8, 4) is 0 Å². The fourth-order valence-electron chi connectivity index (χ4n) is 5.22. The molecule has 5 amide bonds. The van der Waals surface area contributed by atoms with E-state index in [0.717, 1.165) is 88.6 Å². The number of nitrogens with one attached hydrogen (secondary N) is 6. The first-order chi connectivity index (χ1) is 29.2. The fourth-order valence-corrected chi connectivity index (χ4v) is 9.09. The van der Waals surface area contributed by atoms with Gasteiger partial charge in [-0.3, -0.25) is 38.1 Å². The largest absolute Gasteiger partial charge is 0.788 e. The van der Waals surface area contributed by atoms with E-state index in [9.17, 15) is 33.8 Å². The summed E-state index contributed by atoms with van der Waals surface area (Å²) in [6, 6.07) is 0. The minimum atomic E-state index is -3.37. The van der Waals surface area contributed by atoms with Gasteiger partial charge in [-0.15, -0.1) is 0 Å². The lowest BCUT2D eigenvalue weighted by atomic mass is 10.2. The van der Waals surface area contributed by atoms with Crippen LogP contribution in [0.15, 0.2) is 0 Å². The Kier molecular flexibility index (Phi) is 38.9. The molecule has 0 bridgehead atoms. The lowest BCUT2D eigenvalue weighted by Gasteiger charge is -2.26. The van der Waals surface area contributed by atoms with Gasteiger partial charge in [0.1, 0.15) is 0 Å². The minimum Gasteiger partial charge on any atom is -0.788 e. The van der Waals surface area contributed by atoms with Gasteiger partial charge in [0.05, 0.1) is 47.0 Å². The molecular formula is C36H69N7O12P4S2-2. The Labute approximate surface area is 374 Å². The lowest BCUT2D eigenvalue weighted by molar-refractivity contribution is -0.200. The maximum atomic E-state index is 12.3. The molecule has 0 spiro atoms. The number of methoxy groups -OCH3 is 1. The maximum absolute atomic E-state index is 12.3. The highest BCUT2D eigenvalue weighted by Crippen LogP contribution is 2.42. The molecule has 0 saturated carbocycles. The van der Waals surface area contributed by atoms with Gasteiger partial charge in [0, 0.05) is 52.1 Å². The van der Waals surface area contributed by atoms with Gasteiger partial charge in [-0.1, -0.05) is 51.1 Å². The molecule has 25 heteroatoms. The Balaban J connectivity index is 3.82. The summed E-state index contributed by atoms with van der Waals surface area (Å²) in [5.74, 6) is 2.21. The molecule has 0 aliphatic carbocycles. The van der Waals surface area contributed by atoms with Crippen LogP contribution < -0.4 is 31.1 Å². The van der Waals surface area contributed by atoms with E-state index >= 15 is 0 Å². The molecule has 0 aliphatic rings. The molecule has 2 atom stereocenters. The van der Waals surface area contributed by atoms with Crippen molar-refractivity contribution in [2.24, 2.45) is 0 Å². The molecule has 0 aromatic carbocycles. The highest BCUT2D eigenvalue weighted by atomic mass is 32.2. The smallest absolute Gasteiger partial charge is 0.409 e. The van der Waals surface area contributed by atoms with Gasteiger partial charge in [-0.25, -0.2) is 4.79 Å². The Morgan fingerprint density at radius 3 is 1.34 bits per heavy atom. The summed E-state index contributed by atoms with van der Waals surface area (Å²) >= 11 is 3.15. The van der Waals surface area contributed by atoms with E-state index in [1.807, 2.05) is 0 Å². The molecule has 354 valence electrons. The predicted octanol–water partition coefficient (Wildman–Crippen LogP) is 5.65. The van der Waals surface area contributed by atoms with Crippen molar-refractivity contribution < 1.29 is 56.2 Å². The number of ether oxygens (including phenoxy) is 1. The highest BCUT2D eigenvalue weighted by molar-refractivity contribution is 8.00. The normalized spacial score (nSPS) is 13.2. The fraction of sp³-hybridized carbons (Fsp3) is 0.806. The first kappa shape index (κ1) is 59.4. The van der Waals surface area contributed by atoms with Crippen LogP contribution in [0.3, 0.4) is 0 Å². The zero-order chi connectivity index (χ0) is 45.5. The summed E-state index contributed by atoms with van der Waals surface area (Å²) in [5.41, 5.74) is 0. The van der Waals surface area contributed by atoms with Crippen LogP contribution in [0.25, 0.3) is 0 Å². The summed E-state index contributed by atoms with van der Waals surface area (Å²) in [6.07, 6.45) is 18.3. The minimum absolute atomic E-state index is 0.0174. The zero-order valence-electron chi connectivity index (χ0n) is 35.7. The number of carbonyl (C=O) groups excluding carboxylic acids is 5. The third-order valence-electron chi connectivity index (χ3n) is 8.38.